The van der Waals surface area contributed by atoms with Crippen LogP contribution in [0.1, 0.15) is 26.3 Å². The molecule has 1 N–H and O–H groups in total. The van der Waals surface area contributed by atoms with E-state index in [4.69, 9.17) is 16.0 Å². The molecule has 0 fully saturated rings. The Hall–Kier alpha value is -2.22. The Morgan fingerprint density at radius 1 is 1.42 bits per heavy atom. The molecule has 0 atom stereocenters. The molecule has 1 aromatic carbocycles. The lowest BCUT2D eigenvalue weighted by atomic mass is 10.1. The number of hydrogen-bond acceptors (Lipinski definition) is 3. The summed E-state index contributed by atoms with van der Waals surface area (Å²) in [7, 11) is 1.55. The standard InChI is InChI=1S/C14H18N2O3/c1-14(2,3)19-13(17)16-12-7-6-11(18-5)8-10(12)9-15-4/h6-8H,9H2,1-3,5H3,(H,16,17). The van der Waals surface area contributed by atoms with Gasteiger partial charge in [0.2, 0.25) is 6.54 Å². The second-order valence-electron chi connectivity index (χ2n) is 4.97. The molecule has 1 amide bonds. The van der Waals surface area contributed by atoms with Crippen molar-refractivity contribution in [1.82, 2.24) is 0 Å². The molecule has 0 saturated heterocycles. The van der Waals surface area contributed by atoms with Crippen molar-refractivity contribution >= 4 is 11.8 Å². The fraction of sp³-hybridized carbons (Fsp3) is 0.429. The molecule has 0 aromatic heterocycles. The Kier molecular flexibility index (Phi) is 4.76. The summed E-state index contributed by atoms with van der Waals surface area (Å²) in [6.07, 6.45) is -0.538. The van der Waals surface area contributed by atoms with Crippen molar-refractivity contribution in [2.75, 3.05) is 12.4 Å². The van der Waals surface area contributed by atoms with Gasteiger partial charge in [0.15, 0.2) is 0 Å². The third kappa shape index (κ3) is 4.88. The highest BCUT2D eigenvalue weighted by Gasteiger charge is 2.17. The van der Waals surface area contributed by atoms with Crippen molar-refractivity contribution in [3.05, 3.63) is 35.2 Å². The van der Waals surface area contributed by atoms with E-state index in [2.05, 4.69) is 10.2 Å². The van der Waals surface area contributed by atoms with Gasteiger partial charge in [-0.1, -0.05) is 0 Å². The van der Waals surface area contributed by atoms with E-state index in [0.717, 1.165) is 0 Å². The summed E-state index contributed by atoms with van der Waals surface area (Å²) in [4.78, 5) is 15.0. The molecule has 0 bridgehead atoms. The zero-order chi connectivity index (χ0) is 14.5. The number of anilines is 1. The van der Waals surface area contributed by atoms with Crippen LogP contribution in [0.5, 0.6) is 5.75 Å². The number of nitrogens with one attached hydrogen (secondary N) is 1. The van der Waals surface area contributed by atoms with Crippen molar-refractivity contribution in [3.63, 3.8) is 0 Å². The highest BCUT2D eigenvalue weighted by Crippen LogP contribution is 2.23. The Morgan fingerprint density at radius 3 is 2.63 bits per heavy atom. The summed E-state index contributed by atoms with van der Waals surface area (Å²) >= 11 is 0. The van der Waals surface area contributed by atoms with Crippen LogP contribution in [0.25, 0.3) is 4.85 Å². The molecule has 19 heavy (non-hydrogen) atoms. The lowest BCUT2D eigenvalue weighted by molar-refractivity contribution is 0.0636. The molecule has 1 rings (SSSR count). The summed E-state index contributed by atoms with van der Waals surface area (Å²) in [6.45, 7) is 12.5. The predicted molar refractivity (Wildman–Crippen MR) is 73.2 cm³/mol. The van der Waals surface area contributed by atoms with Crippen molar-refractivity contribution in [1.29, 1.82) is 0 Å². The lowest BCUT2D eigenvalue weighted by Gasteiger charge is -2.20. The van der Waals surface area contributed by atoms with Crippen LogP contribution in [0.15, 0.2) is 18.2 Å². The van der Waals surface area contributed by atoms with E-state index >= 15 is 0 Å². The maximum absolute atomic E-state index is 11.7. The molecule has 0 saturated carbocycles. The molecular formula is C14H18N2O3. The van der Waals surface area contributed by atoms with Crippen LogP contribution >= 0.6 is 0 Å². The van der Waals surface area contributed by atoms with E-state index in [-0.39, 0.29) is 6.54 Å². The number of hydrogen-bond donors (Lipinski definition) is 1. The molecule has 5 nitrogen and oxygen atoms in total. The van der Waals surface area contributed by atoms with E-state index in [0.29, 0.717) is 17.0 Å². The maximum atomic E-state index is 11.7. The van der Waals surface area contributed by atoms with Gasteiger partial charge in [0.1, 0.15) is 11.4 Å². The lowest BCUT2D eigenvalue weighted by Crippen LogP contribution is -2.27. The van der Waals surface area contributed by atoms with Crippen LogP contribution in [0.2, 0.25) is 0 Å². The zero-order valence-corrected chi connectivity index (χ0v) is 11.6. The molecule has 0 spiro atoms. The van der Waals surface area contributed by atoms with Crippen molar-refractivity contribution in [2.24, 2.45) is 0 Å². The van der Waals surface area contributed by atoms with Gasteiger partial charge in [-0.05, 0) is 39.0 Å². The number of carbonyl (C=O) groups is 1. The van der Waals surface area contributed by atoms with Crippen LogP contribution in [-0.4, -0.2) is 18.8 Å². The monoisotopic (exact) mass is 262 g/mol. The van der Waals surface area contributed by atoms with Crippen LogP contribution < -0.4 is 10.1 Å². The molecular weight excluding hydrogens is 244 g/mol. The van der Waals surface area contributed by atoms with Gasteiger partial charge in [0, 0.05) is 0 Å². The Balaban J connectivity index is 2.88. The van der Waals surface area contributed by atoms with Gasteiger partial charge >= 0.3 is 6.09 Å². The number of benzene rings is 1. The zero-order valence-electron chi connectivity index (χ0n) is 11.6. The fourth-order valence-corrected chi connectivity index (χ4v) is 1.45. The minimum absolute atomic E-state index is 0.169. The normalized spacial score (nSPS) is 10.5. The maximum Gasteiger partial charge on any atom is 0.412 e. The van der Waals surface area contributed by atoms with E-state index in [1.165, 1.54) is 0 Å². The molecule has 0 heterocycles. The Bertz CT molecular complexity index is 498. The average Bonchev–Trinajstić information content (AvgIpc) is 2.29. The molecule has 0 aliphatic carbocycles. The fourth-order valence-electron chi connectivity index (χ4n) is 1.45. The van der Waals surface area contributed by atoms with Gasteiger partial charge in [-0.25, -0.2) is 11.4 Å². The average molecular weight is 262 g/mol. The van der Waals surface area contributed by atoms with E-state index < -0.39 is 11.7 Å². The van der Waals surface area contributed by atoms with Crippen LogP contribution in [0.4, 0.5) is 10.5 Å². The third-order valence-corrected chi connectivity index (χ3v) is 2.20. The van der Waals surface area contributed by atoms with Crippen molar-refractivity contribution < 1.29 is 14.3 Å². The number of amides is 1. The first kappa shape index (κ1) is 14.8. The first-order valence-electron chi connectivity index (χ1n) is 5.86. The number of nitrogens with zero attached hydrogens (tertiary/aromatic N) is 1. The predicted octanol–water partition coefficient (Wildman–Crippen LogP) is 3.46. The highest BCUT2D eigenvalue weighted by molar-refractivity contribution is 5.86. The topological polar surface area (TPSA) is 51.9 Å². The number of methoxy groups -OCH3 is 1. The first-order chi connectivity index (χ1) is 8.85. The molecule has 0 aliphatic heterocycles. The number of ether oxygens (including phenoxy) is 2. The summed E-state index contributed by atoms with van der Waals surface area (Å²) < 4.78 is 10.3. The molecule has 0 unspecified atom stereocenters. The molecule has 5 heteroatoms. The largest absolute Gasteiger partial charge is 0.497 e. The molecule has 0 aliphatic rings. The van der Waals surface area contributed by atoms with E-state index in [1.807, 2.05) is 0 Å². The Morgan fingerprint density at radius 2 is 2.11 bits per heavy atom. The number of rotatable bonds is 3. The van der Waals surface area contributed by atoms with Gasteiger partial charge in [-0.2, -0.15) is 0 Å². The summed E-state index contributed by atoms with van der Waals surface area (Å²) in [5, 5.41) is 2.64. The second-order valence-corrected chi connectivity index (χ2v) is 4.97. The molecule has 0 radical (unpaired) electrons. The third-order valence-electron chi connectivity index (χ3n) is 2.20. The van der Waals surface area contributed by atoms with E-state index in [9.17, 15) is 4.79 Å². The molecule has 102 valence electrons. The van der Waals surface area contributed by atoms with Gasteiger partial charge < -0.3 is 14.3 Å². The minimum Gasteiger partial charge on any atom is -0.497 e. The molecule has 1 aromatic rings. The van der Waals surface area contributed by atoms with E-state index in [1.54, 1.807) is 46.1 Å². The second kappa shape index (κ2) is 6.10. The minimum atomic E-state index is -0.559. The van der Waals surface area contributed by atoms with Gasteiger partial charge in [0.05, 0.1) is 18.4 Å². The summed E-state index contributed by atoms with van der Waals surface area (Å²) in [5.41, 5.74) is 0.697. The van der Waals surface area contributed by atoms with Crippen LogP contribution in [0, 0.1) is 6.57 Å². The van der Waals surface area contributed by atoms with Gasteiger partial charge in [0.25, 0.3) is 0 Å². The smallest absolute Gasteiger partial charge is 0.412 e. The van der Waals surface area contributed by atoms with Crippen LogP contribution in [0.3, 0.4) is 0 Å². The summed E-state index contributed by atoms with van der Waals surface area (Å²) in [5.74, 6) is 0.647. The first-order valence-corrected chi connectivity index (χ1v) is 5.86. The highest BCUT2D eigenvalue weighted by atomic mass is 16.6. The SMILES string of the molecule is [C-]#[N+]Cc1cc(OC)ccc1NC(=O)OC(C)(C)C. The van der Waals surface area contributed by atoms with Gasteiger partial charge in [-0.3, -0.25) is 5.32 Å². The van der Waals surface area contributed by atoms with Gasteiger partial charge in [-0.15, -0.1) is 0 Å². The van der Waals surface area contributed by atoms with Crippen LogP contribution in [-0.2, 0) is 11.3 Å². The summed E-state index contributed by atoms with van der Waals surface area (Å²) in [6, 6.07) is 5.15. The quantitative estimate of drug-likeness (QED) is 0.849. The number of carbonyl (C=O) groups excluding carboxylic acids is 1. The Labute approximate surface area is 113 Å². The van der Waals surface area contributed by atoms with Crippen molar-refractivity contribution in [2.45, 2.75) is 32.9 Å². The van der Waals surface area contributed by atoms with Crippen molar-refractivity contribution in [3.8, 4) is 5.75 Å².